The molecule has 11 heteroatoms. The Morgan fingerprint density at radius 3 is 1.48 bits per heavy atom. The molecule has 0 aromatic rings. The molecule has 0 bridgehead atoms. The van der Waals surface area contributed by atoms with E-state index < -0.39 is 51.8 Å². The first-order chi connectivity index (χ1) is 27.2. The van der Waals surface area contributed by atoms with E-state index in [1.807, 2.05) is 0 Å². The van der Waals surface area contributed by atoms with E-state index in [-0.39, 0.29) is 19.4 Å². The lowest BCUT2D eigenvalue weighted by Gasteiger charge is -2.20. The summed E-state index contributed by atoms with van der Waals surface area (Å²) in [6.07, 6.45) is 43.6. The van der Waals surface area contributed by atoms with Crippen molar-refractivity contribution in [2.45, 2.75) is 199 Å². The first kappa shape index (κ1) is 53.9. The minimum Gasteiger partial charge on any atom is -0.462 e. The lowest BCUT2D eigenvalue weighted by atomic mass is 10.0. The summed E-state index contributed by atoms with van der Waals surface area (Å²) in [5.41, 5.74) is 0. The van der Waals surface area contributed by atoms with E-state index in [1.54, 1.807) is 0 Å². The van der Waals surface area contributed by atoms with Crippen molar-refractivity contribution >= 4 is 19.8 Å². The highest BCUT2D eigenvalue weighted by atomic mass is 31.2. The van der Waals surface area contributed by atoms with E-state index in [0.717, 1.165) is 70.6 Å². The predicted molar refractivity (Wildman–Crippen MR) is 228 cm³/mol. The smallest absolute Gasteiger partial charge is 0.462 e. The number of carbonyl (C=O) groups is 2. The number of unbranched alkanes of at least 4 members (excludes halogenated alkanes) is 19. The number of carbonyl (C=O) groups excluding carboxylic acids is 2. The van der Waals surface area contributed by atoms with Gasteiger partial charge in [-0.2, -0.15) is 0 Å². The average molecular weight is 813 g/mol. The Balaban J connectivity index is 4.32. The van der Waals surface area contributed by atoms with Crippen molar-refractivity contribution in [3.05, 3.63) is 48.6 Å². The van der Waals surface area contributed by atoms with Crippen LogP contribution in [0.4, 0.5) is 0 Å². The van der Waals surface area contributed by atoms with Gasteiger partial charge in [0.1, 0.15) is 12.7 Å². The molecule has 10 nitrogen and oxygen atoms in total. The van der Waals surface area contributed by atoms with Gasteiger partial charge in [0.05, 0.1) is 19.8 Å². The molecule has 0 rings (SSSR count). The number of hydrogen-bond donors (Lipinski definition) is 3. The molecule has 3 unspecified atom stereocenters. The van der Waals surface area contributed by atoms with Gasteiger partial charge in [-0.15, -0.1) is 0 Å². The molecule has 0 amide bonds. The first-order valence-corrected chi connectivity index (χ1v) is 23.6. The van der Waals surface area contributed by atoms with Gasteiger partial charge < -0.3 is 24.6 Å². The van der Waals surface area contributed by atoms with E-state index in [0.29, 0.717) is 12.8 Å². The number of hydrogen-bond acceptors (Lipinski definition) is 9. The third-order valence-corrected chi connectivity index (χ3v) is 10.2. The second-order valence-corrected chi connectivity index (χ2v) is 16.2. The van der Waals surface area contributed by atoms with Gasteiger partial charge in [-0.05, 0) is 51.4 Å². The third-order valence-electron chi connectivity index (χ3n) is 9.25. The highest BCUT2D eigenvalue weighted by molar-refractivity contribution is 7.47. The normalized spacial score (nSPS) is 14.3. The Hall–Kier alpha value is -2.07. The molecule has 0 spiro atoms. The van der Waals surface area contributed by atoms with Gasteiger partial charge in [0.15, 0.2) is 6.10 Å². The van der Waals surface area contributed by atoms with Crippen LogP contribution in [0.1, 0.15) is 187 Å². The molecule has 3 atom stereocenters. The van der Waals surface area contributed by atoms with Gasteiger partial charge >= 0.3 is 19.8 Å². The zero-order chi connectivity index (χ0) is 41.2. The molecule has 0 aliphatic heterocycles. The zero-order valence-electron chi connectivity index (χ0n) is 35.3. The molecule has 0 aromatic carbocycles. The number of rotatable bonds is 41. The summed E-state index contributed by atoms with van der Waals surface area (Å²) < 4.78 is 32.7. The van der Waals surface area contributed by atoms with E-state index in [4.69, 9.17) is 19.1 Å². The van der Waals surface area contributed by atoms with E-state index in [2.05, 4.69) is 67.0 Å². The Morgan fingerprint density at radius 2 is 0.982 bits per heavy atom. The molecule has 0 heterocycles. The molecule has 326 valence electrons. The topological polar surface area (TPSA) is 149 Å². The van der Waals surface area contributed by atoms with Crippen molar-refractivity contribution in [3.8, 4) is 0 Å². The molecular formula is C45H81O10P. The van der Waals surface area contributed by atoms with Crippen molar-refractivity contribution in [2.75, 3.05) is 26.4 Å². The highest BCUT2D eigenvalue weighted by Gasteiger charge is 2.27. The molecule has 0 saturated carbocycles. The molecular weight excluding hydrogens is 731 g/mol. The fourth-order valence-corrected chi connectivity index (χ4v) is 6.66. The SMILES string of the molecule is CC/C=C\C/C=C\C/C=C\C/C=C\CCCCCCC(=O)OC(COC(=O)CCCCCCCCCCCCCCCCCC)COP(=O)(O)OCC(O)CO. The highest BCUT2D eigenvalue weighted by Crippen LogP contribution is 2.43. The summed E-state index contributed by atoms with van der Waals surface area (Å²) in [4.78, 5) is 35.0. The van der Waals surface area contributed by atoms with Crippen LogP contribution in [0.15, 0.2) is 48.6 Å². The second kappa shape index (κ2) is 41.1. The van der Waals surface area contributed by atoms with Crippen LogP contribution < -0.4 is 0 Å². The number of phosphoric acid groups is 1. The maximum Gasteiger partial charge on any atom is 0.472 e. The standard InChI is InChI=1S/C45H81O10P/c1-3-5-7-9-11-13-15-17-19-21-23-25-27-29-31-33-35-37-45(49)55-43(41-54-56(50,51)53-39-42(47)38-46)40-52-44(48)36-34-32-30-28-26-24-22-20-18-16-14-12-10-8-6-4-2/h5,7,11,13,17,19,23,25,42-43,46-47H,3-4,6,8-10,12,14-16,18,20-22,24,26-41H2,1-2H3,(H,50,51)/b7-5-,13-11-,19-17-,25-23-. The monoisotopic (exact) mass is 813 g/mol. The van der Waals surface area contributed by atoms with Crippen LogP contribution in [0.3, 0.4) is 0 Å². The minimum atomic E-state index is -4.62. The Labute approximate surface area is 341 Å². The molecule has 0 radical (unpaired) electrons. The summed E-state index contributed by atoms with van der Waals surface area (Å²) >= 11 is 0. The van der Waals surface area contributed by atoms with Crippen LogP contribution in [0.2, 0.25) is 0 Å². The van der Waals surface area contributed by atoms with Crippen LogP contribution in [0.5, 0.6) is 0 Å². The number of aliphatic hydroxyl groups is 2. The molecule has 3 N–H and O–H groups in total. The Bertz CT molecular complexity index is 1070. The summed E-state index contributed by atoms with van der Waals surface area (Å²) in [6.45, 7) is 2.25. The lowest BCUT2D eigenvalue weighted by molar-refractivity contribution is -0.161. The lowest BCUT2D eigenvalue weighted by Crippen LogP contribution is -2.29. The zero-order valence-corrected chi connectivity index (χ0v) is 36.2. The van der Waals surface area contributed by atoms with Crippen molar-refractivity contribution in [1.29, 1.82) is 0 Å². The van der Waals surface area contributed by atoms with E-state index in [1.165, 1.54) is 77.0 Å². The Morgan fingerprint density at radius 1 is 0.554 bits per heavy atom. The summed E-state index contributed by atoms with van der Waals surface area (Å²) in [5, 5.41) is 18.3. The fourth-order valence-electron chi connectivity index (χ4n) is 5.87. The van der Waals surface area contributed by atoms with Crippen molar-refractivity contribution < 1.29 is 47.8 Å². The van der Waals surface area contributed by atoms with E-state index in [9.17, 15) is 24.2 Å². The number of phosphoric ester groups is 1. The van der Waals surface area contributed by atoms with Gasteiger partial charge in [-0.3, -0.25) is 18.6 Å². The average Bonchev–Trinajstić information content (AvgIpc) is 3.19. The van der Waals surface area contributed by atoms with Gasteiger partial charge in [0, 0.05) is 12.8 Å². The molecule has 56 heavy (non-hydrogen) atoms. The van der Waals surface area contributed by atoms with Crippen LogP contribution in [0, 0.1) is 0 Å². The third kappa shape index (κ3) is 40.1. The van der Waals surface area contributed by atoms with Gasteiger partial charge in [0.2, 0.25) is 0 Å². The van der Waals surface area contributed by atoms with Crippen LogP contribution >= 0.6 is 7.82 Å². The van der Waals surface area contributed by atoms with Crippen LogP contribution in [-0.4, -0.2) is 65.7 Å². The Kier molecular flexibility index (Phi) is 39.6. The first-order valence-electron chi connectivity index (χ1n) is 22.1. The van der Waals surface area contributed by atoms with E-state index >= 15 is 0 Å². The molecule has 0 saturated heterocycles. The molecule has 0 aliphatic carbocycles. The predicted octanol–water partition coefficient (Wildman–Crippen LogP) is 11.7. The largest absolute Gasteiger partial charge is 0.472 e. The minimum absolute atomic E-state index is 0.156. The number of ether oxygens (including phenoxy) is 2. The molecule has 0 aromatic heterocycles. The molecule has 0 fully saturated rings. The molecule has 0 aliphatic rings. The van der Waals surface area contributed by atoms with Gasteiger partial charge in [0.25, 0.3) is 0 Å². The van der Waals surface area contributed by atoms with Crippen molar-refractivity contribution in [3.63, 3.8) is 0 Å². The van der Waals surface area contributed by atoms with Crippen molar-refractivity contribution in [2.24, 2.45) is 0 Å². The number of allylic oxidation sites excluding steroid dienone is 8. The van der Waals surface area contributed by atoms with Gasteiger partial charge in [-0.1, -0.05) is 172 Å². The number of aliphatic hydroxyl groups excluding tert-OH is 2. The maximum absolute atomic E-state index is 12.6. The fraction of sp³-hybridized carbons (Fsp3) is 0.778. The van der Waals surface area contributed by atoms with Crippen molar-refractivity contribution in [1.82, 2.24) is 0 Å². The number of esters is 2. The summed E-state index contributed by atoms with van der Waals surface area (Å²) in [5.74, 6) is -0.949. The maximum atomic E-state index is 12.6. The van der Waals surface area contributed by atoms with Gasteiger partial charge in [-0.25, -0.2) is 4.57 Å². The second-order valence-electron chi connectivity index (χ2n) is 14.7. The van der Waals surface area contributed by atoms with Crippen LogP contribution in [-0.2, 0) is 32.7 Å². The quantitative estimate of drug-likeness (QED) is 0.0236. The summed E-state index contributed by atoms with van der Waals surface area (Å²) in [6, 6.07) is 0. The van der Waals surface area contributed by atoms with Crippen LogP contribution in [0.25, 0.3) is 0 Å². The summed E-state index contributed by atoms with van der Waals surface area (Å²) in [7, 11) is -4.62.